The van der Waals surface area contributed by atoms with Gasteiger partial charge in [0, 0.05) is 26.7 Å². The Balaban J connectivity index is 1.82. The molecule has 1 aliphatic heterocycles. The van der Waals surface area contributed by atoms with Crippen LogP contribution in [0.25, 0.3) is 0 Å². The molecule has 2 aromatic rings. The highest BCUT2D eigenvalue weighted by atomic mass is 32.2. The number of benzene rings is 2. The average molecular weight is 435 g/mol. The summed E-state index contributed by atoms with van der Waals surface area (Å²) in [5, 5.41) is 2.84. The summed E-state index contributed by atoms with van der Waals surface area (Å²) >= 11 is 0. The molecule has 0 atom stereocenters. The summed E-state index contributed by atoms with van der Waals surface area (Å²) in [5.41, 5.74) is 2.05. The summed E-state index contributed by atoms with van der Waals surface area (Å²) in [7, 11) is -0.671. The number of ether oxygens (including phenoxy) is 3. The van der Waals surface area contributed by atoms with E-state index >= 15 is 0 Å². The third-order valence-corrected chi connectivity index (χ3v) is 6.78. The Bertz CT molecular complexity index is 987. The molecule has 30 heavy (non-hydrogen) atoms. The number of rotatable bonds is 8. The van der Waals surface area contributed by atoms with Crippen molar-refractivity contribution in [3.05, 3.63) is 59.2 Å². The highest BCUT2D eigenvalue weighted by Gasteiger charge is 2.28. The van der Waals surface area contributed by atoms with E-state index < -0.39 is 15.9 Å². The van der Waals surface area contributed by atoms with Gasteiger partial charge in [-0.25, -0.2) is 8.42 Å². The Kier molecular flexibility index (Phi) is 7.43. The minimum atomic E-state index is -3.72. The number of carbonyl (C=O) groups is 1. The molecule has 1 aliphatic rings. The maximum absolute atomic E-state index is 12.9. The SMILES string of the molecule is COCc1ccccc1CNC(=O)c1cc(S(=O)(=O)N2CCOCC2)ccc1OC. The molecule has 0 unspecified atom stereocenters. The molecule has 8 nitrogen and oxygen atoms in total. The summed E-state index contributed by atoms with van der Waals surface area (Å²) < 4.78 is 43.0. The van der Waals surface area contributed by atoms with E-state index in [2.05, 4.69) is 5.32 Å². The summed E-state index contributed by atoms with van der Waals surface area (Å²) in [6.45, 7) is 1.98. The quantitative estimate of drug-likeness (QED) is 0.681. The lowest BCUT2D eigenvalue weighted by atomic mass is 10.1. The van der Waals surface area contributed by atoms with Crippen LogP contribution in [0.1, 0.15) is 21.5 Å². The van der Waals surface area contributed by atoms with E-state index in [9.17, 15) is 13.2 Å². The number of hydrogen-bond donors (Lipinski definition) is 1. The first-order valence-electron chi connectivity index (χ1n) is 9.57. The Labute approximate surface area is 176 Å². The Hall–Kier alpha value is -2.46. The smallest absolute Gasteiger partial charge is 0.255 e. The van der Waals surface area contributed by atoms with Crippen molar-refractivity contribution in [2.75, 3.05) is 40.5 Å². The highest BCUT2D eigenvalue weighted by Crippen LogP contribution is 2.25. The van der Waals surface area contributed by atoms with Gasteiger partial charge in [-0.15, -0.1) is 0 Å². The number of amides is 1. The van der Waals surface area contributed by atoms with E-state index in [4.69, 9.17) is 14.2 Å². The summed E-state index contributed by atoms with van der Waals surface area (Å²) in [5.74, 6) is -0.114. The lowest BCUT2D eigenvalue weighted by Gasteiger charge is -2.26. The Morgan fingerprint density at radius 1 is 1.10 bits per heavy atom. The maximum atomic E-state index is 12.9. The van der Waals surface area contributed by atoms with E-state index in [1.54, 1.807) is 7.11 Å². The monoisotopic (exact) mass is 434 g/mol. The number of morpholine rings is 1. The molecular weight excluding hydrogens is 408 g/mol. The molecule has 0 radical (unpaired) electrons. The van der Waals surface area contributed by atoms with Crippen LogP contribution in [0.3, 0.4) is 0 Å². The second kappa shape index (κ2) is 10.0. The third-order valence-electron chi connectivity index (χ3n) is 4.88. The molecule has 1 fully saturated rings. The normalized spacial score (nSPS) is 15.0. The van der Waals surface area contributed by atoms with Crippen molar-refractivity contribution in [1.29, 1.82) is 0 Å². The van der Waals surface area contributed by atoms with Gasteiger partial charge in [0.2, 0.25) is 10.0 Å². The van der Waals surface area contributed by atoms with Crippen molar-refractivity contribution in [3.8, 4) is 5.75 Å². The molecule has 1 amide bonds. The minimum Gasteiger partial charge on any atom is -0.496 e. The standard InChI is InChI=1S/C21H26N2O6S/c1-27-15-17-6-4-3-5-16(17)14-22-21(24)19-13-18(7-8-20(19)28-2)30(25,26)23-9-11-29-12-10-23/h3-8,13H,9-12,14-15H2,1-2H3,(H,22,24). The van der Waals surface area contributed by atoms with Gasteiger partial charge in [0.25, 0.3) is 5.91 Å². The fourth-order valence-electron chi connectivity index (χ4n) is 3.26. The third kappa shape index (κ3) is 4.99. The van der Waals surface area contributed by atoms with E-state index in [0.29, 0.717) is 25.6 Å². The van der Waals surface area contributed by atoms with Crippen LogP contribution in [0.2, 0.25) is 0 Å². The fraction of sp³-hybridized carbons (Fsp3) is 0.381. The van der Waals surface area contributed by atoms with Crippen LogP contribution in [0.15, 0.2) is 47.4 Å². The summed E-state index contributed by atoms with van der Waals surface area (Å²) in [6.07, 6.45) is 0. The van der Waals surface area contributed by atoms with Crippen molar-refractivity contribution in [3.63, 3.8) is 0 Å². The van der Waals surface area contributed by atoms with E-state index in [-0.39, 0.29) is 30.1 Å². The molecule has 0 aromatic heterocycles. The molecule has 0 saturated carbocycles. The molecule has 0 aliphatic carbocycles. The number of hydrogen-bond acceptors (Lipinski definition) is 6. The van der Waals surface area contributed by atoms with Gasteiger partial charge in [-0.2, -0.15) is 4.31 Å². The Morgan fingerprint density at radius 3 is 2.47 bits per heavy atom. The van der Waals surface area contributed by atoms with Gasteiger partial charge in [0.05, 0.1) is 37.4 Å². The zero-order valence-corrected chi connectivity index (χ0v) is 17.9. The summed E-state index contributed by atoms with van der Waals surface area (Å²) in [4.78, 5) is 12.9. The van der Waals surface area contributed by atoms with Gasteiger partial charge in [-0.05, 0) is 29.3 Å². The number of methoxy groups -OCH3 is 2. The van der Waals surface area contributed by atoms with E-state index in [1.165, 1.54) is 29.6 Å². The molecule has 3 rings (SSSR count). The van der Waals surface area contributed by atoms with Crippen LogP contribution in [0.4, 0.5) is 0 Å². The Morgan fingerprint density at radius 2 is 1.80 bits per heavy atom. The first kappa shape index (κ1) is 22.2. The molecule has 9 heteroatoms. The number of sulfonamides is 1. The lowest BCUT2D eigenvalue weighted by Crippen LogP contribution is -2.40. The second-order valence-corrected chi connectivity index (χ2v) is 8.70. The van der Waals surface area contributed by atoms with Crippen molar-refractivity contribution >= 4 is 15.9 Å². The van der Waals surface area contributed by atoms with E-state index in [0.717, 1.165) is 11.1 Å². The zero-order valence-electron chi connectivity index (χ0n) is 17.1. The highest BCUT2D eigenvalue weighted by molar-refractivity contribution is 7.89. The predicted octanol–water partition coefficient (Wildman–Crippen LogP) is 1.79. The largest absolute Gasteiger partial charge is 0.496 e. The van der Waals surface area contributed by atoms with Crippen LogP contribution < -0.4 is 10.1 Å². The van der Waals surface area contributed by atoms with Gasteiger partial charge in [-0.3, -0.25) is 4.79 Å². The van der Waals surface area contributed by atoms with E-state index in [1.807, 2.05) is 24.3 Å². The molecule has 0 spiro atoms. The van der Waals surface area contributed by atoms with Gasteiger partial charge in [0.15, 0.2) is 0 Å². The average Bonchev–Trinajstić information content (AvgIpc) is 2.78. The van der Waals surface area contributed by atoms with Crippen molar-refractivity contribution in [1.82, 2.24) is 9.62 Å². The predicted molar refractivity (Wildman–Crippen MR) is 111 cm³/mol. The fourth-order valence-corrected chi connectivity index (χ4v) is 4.69. The molecule has 1 heterocycles. The van der Waals surface area contributed by atoms with Gasteiger partial charge >= 0.3 is 0 Å². The van der Waals surface area contributed by atoms with Crippen LogP contribution in [0, 0.1) is 0 Å². The number of carbonyl (C=O) groups excluding carboxylic acids is 1. The first-order valence-corrected chi connectivity index (χ1v) is 11.0. The van der Waals surface area contributed by atoms with Gasteiger partial charge in [0.1, 0.15) is 5.75 Å². The van der Waals surface area contributed by atoms with Crippen LogP contribution >= 0.6 is 0 Å². The number of nitrogens with zero attached hydrogens (tertiary/aromatic N) is 1. The zero-order chi connectivity index (χ0) is 21.6. The molecule has 0 bridgehead atoms. The van der Waals surface area contributed by atoms with Crippen LogP contribution in [-0.2, 0) is 32.6 Å². The van der Waals surface area contributed by atoms with Gasteiger partial charge < -0.3 is 19.5 Å². The molecule has 1 N–H and O–H groups in total. The minimum absolute atomic E-state index is 0.0510. The van der Waals surface area contributed by atoms with Crippen molar-refractivity contribution < 1.29 is 27.4 Å². The topological polar surface area (TPSA) is 94.2 Å². The molecule has 162 valence electrons. The van der Waals surface area contributed by atoms with Crippen molar-refractivity contribution in [2.45, 2.75) is 18.0 Å². The first-order chi connectivity index (χ1) is 14.5. The molecule has 2 aromatic carbocycles. The summed E-state index contributed by atoms with van der Waals surface area (Å²) in [6, 6.07) is 11.9. The number of nitrogens with one attached hydrogen (secondary N) is 1. The van der Waals surface area contributed by atoms with Crippen LogP contribution in [-0.4, -0.2) is 59.2 Å². The van der Waals surface area contributed by atoms with Gasteiger partial charge in [-0.1, -0.05) is 24.3 Å². The van der Waals surface area contributed by atoms with Crippen LogP contribution in [0.5, 0.6) is 5.75 Å². The second-order valence-electron chi connectivity index (χ2n) is 6.76. The maximum Gasteiger partial charge on any atom is 0.255 e. The molecular formula is C21H26N2O6S. The van der Waals surface area contributed by atoms with Crippen molar-refractivity contribution in [2.24, 2.45) is 0 Å². The lowest BCUT2D eigenvalue weighted by molar-refractivity contribution is 0.0730. The molecule has 1 saturated heterocycles.